The summed E-state index contributed by atoms with van der Waals surface area (Å²) >= 11 is 0. The molecule has 3 aromatic rings. The van der Waals surface area contributed by atoms with Crippen LogP contribution in [0.1, 0.15) is 37.7 Å². The van der Waals surface area contributed by atoms with E-state index >= 15 is 0 Å². The highest BCUT2D eigenvalue weighted by Gasteiger charge is 2.16. The molecule has 1 amide bonds. The highest BCUT2D eigenvalue weighted by atomic mass is 16.5. The molecule has 0 radical (unpaired) electrons. The molecule has 8 nitrogen and oxygen atoms in total. The zero-order chi connectivity index (χ0) is 22.0. The predicted octanol–water partition coefficient (Wildman–Crippen LogP) is 2.52. The number of benzene rings is 1. The van der Waals surface area contributed by atoms with Gasteiger partial charge in [0.05, 0.1) is 23.4 Å². The van der Waals surface area contributed by atoms with Crippen LogP contribution in [0.25, 0.3) is 11.0 Å². The van der Waals surface area contributed by atoms with Crippen molar-refractivity contribution in [1.29, 1.82) is 0 Å². The molecule has 0 bridgehead atoms. The smallest absolute Gasteiger partial charge is 0.332 e. The lowest BCUT2D eigenvalue weighted by molar-refractivity contribution is -0.116. The summed E-state index contributed by atoms with van der Waals surface area (Å²) in [6, 6.07) is 9.43. The number of nitrogens with zero attached hydrogens (tertiary/aromatic N) is 3. The lowest BCUT2D eigenvalue weighted by atomic mass is 10.1. The van der Waals surface area contributed by atoms with Crippen molar-refractivity contribution in [3.05, 3.63) is 62.9 Å². The van der Waals surface area contributed by atoms with Gasteiger partial charge < -0.3 is 10.1 Å². The number of fused-ring (bicyclic) bond motifs is 1. The van der Waals surface area contributed by atoms with Crippen molar-refractivity contribution in [1.82, 2.24) is 14.1 Å². The van der Waals surface area contributed by atoms with Crippen LogP contribution in [-0.2, 0) is 25.3 Å². The second kappa shape index (κ2) is 8.75. The van der Waals surface area contributed by atoms with Gasteiger partial charge in [-0.15, -0.1) is 0 Å². The number of rotatable bonds is 6. The maximum Gasteiger partial charge on any atom is 0.332 e. The average molecular weight is 422 g/mol. The molecular weight excluding hydrogens is 396 g/mol. The lowest BCUT2D eigenvalue weighted by Crippen LogP contribution is -2.37. The maximum absolute atomic E-state index is 12.4. The molecule has 1 aliphatic rings. The van der Waals surface area contributed by atoms with Gasteiger partial charge >= 0.3 is 5.69 Å². The van der Waals surface area contributed by atoms with E-state index in [1.165, 1.54) is 30.7 Å². The Kier molecular flexibility index (Phi) is 5.88. The van der Waals surface area contributed by atoms with E-state index in [1.54, 1.807) is 13.1 Å². The Morgan fingerprint density at radius 1 is 1.16 bits per heavy atom. The van der Waals surface area contributed by atoms with E-state index in [9.17, 15) is 14.4 Å². The molecule has 2 aromatic heterocycles. The number of aryl methyl sites for hydroxylation is 2. The number of anilines is 1. The molecule has 4 rings (SSSR count). The van der Waals surface area contributed by atoms with Crippen molar-refractivity contribution in [2.24, 2.45) is 14.1 Å². The molecule has 8 heteroatoms. The van der Waals surface area contributed by atoms with Gasteiger partial charge in [0.25, 0.3) is 5.56 Å². The molecular formula is C23H26N4O4. The Bertz CT molecular complexity index is 1240. The molecule has 0 spiro atoms. The average Bonchev–Trinajstić information content (AvgIpc) is 3.28. The van der Waals surface area contributed by atoms with Crippen molar-refractivity contribution in [3.63, 3.8) is 0 Å². The Hall–Kier alpha value is -3.42. The summed E-state index contributed by atoms with van der Waals surface area (Å²) in [5, 5.41) is 3.07. The normalized spacial score (nSPS) is 14.1. The third-order valence-electron chi connectivity index (χ3n) is 5.72. The van der Waals surface area contributed by atoms with E-state index in [-0.39, 0.29) is 23.4 Å². The molecule has 1 saturated carbocycles. The van der Waals surface area contributed by atoms with Gasteiger partial charge in [0.2, 0.25) is 5.91 Å². The molecule has 0 saturated heterocycles. The summed E-state index contributed by atoms with van der Waals surface area (Å²) in [6.07, 6.45) is 7.25. The zero-order valence-corrected chi connectivity index (χ0v) is 17.8. The van der Waals surface area contributed by atoms with Crippen molar-refractivity contribution in [3.8, 4) is 5.75 Å². The van der Waals surface area contributed by atoms with Crippen LogP contribution in [0.3, 0.4) is 0 Å². The number of amides is 1. The fraction of sp³-hybridized carbons (Fsp3) is 0.391. The van der Waals surface area contributed by atoms with Crippen LogP contribution in [0.4, 0.5) is 5.69 Å². The third kappa shape index (κ3) is 4.52. The molecule has 0 unspecified atom stereocenters. The van der Waals surface area contributed by atoms with Gasteiger partial charge in [0, 0.05) is 20.5 Å². The van der Waals surface area contributed by atoms with Crippen molar-refractivity contribution in [2.45, 2.75) is 44.6 Å². The van der Waals surface area contributed by atoms with Gasteiger partial charge in [-0.2, -0.15) is 0 Å². The van der Waals surface area contributed by atoms with Crippen molar-refractivity contribution >= 4 is 22.6 Å². The summed E-state index contributed by atoms with van der Waals surface area (Å²) < 4.78 is 8.37. The number of hydrogen-bond acceptors (Lipinski definition) is 5. The number of nitrogens with one attached hydrogen (secondary N) is 1. The van der Waals surface area contributed by atoms with Crippen LogP contribution in [-0.4, -0.2) is 26.1 Å². The molecule has 0 atom stereocenters. The van der Waals surface area contributed by atoms with E-state index in [4.69, 9.17) is 4.74 Å². The van der Waals surface area contributed by atoms with Crippen molar-refractivity contribution in [2.75, 3.05) is 5.32 Å². The first kappa shape index (κ1) is 20.8. The van der Waals surface area contributed by atoms with Crippen LogP contribution < -0.4 is 21.3 Å². The van der Waals surface area contributed by atoms with Crippen LogP contribution in [0, 0.1) is 0 Å². The molecule has 31 heavy (non-hydrogen) atoms. The zero-order valence-electron chi connectivity index (χ0n) is 17.8. The Balaban J connectivity index is 1.41. The minimum atomic E-state index is -0.444. The minimum absolute atomic E-state index is 0.176. The second-order valence-corrected chi connectivity index (χ2v) is 8.02. The first-order valence-electron chi connectivity index (χ1n) is 10.5. The molecule has 0 aliphatic heterocycles. The molecule has 1 fully saturated rings. The summed E-state index contributed by atoms with van der Waals surface area (Å²) in [6.45, 7) is 0. The van der Waals surface area contributed by atoms with E-state index in [2.05, 4.69) is 10.3 Å². The fourth-order valence-electron chi connectivity index (χ4n) is 3.99. The Morgan fingerprint density at radius 3 is 2.71 bits per heavy atom. The molecule has 1 aromatic carbocycles. The maximum atomic E-state index is 12.4. The van der Waals surface area contributed by atoms with Gasteiger partial charge in [0.1, 0.15) is 11.4 Å². The highest BCUT2D eigenvalue weighted by Crippen LogP contribution is 2.25. The topological polar surface area (TPSA) is 95.2 Å². The lowest BCUT2D eigenvalue weighted by Gasteiger charge is -2.14. The number of ether oxygens (including phenoxy) is 1. The number of carbonyl (C=O) groups excluding carboxylic acids is 1. The predicted molar refractivity (Wildman–Crippen MR) is 119 cm³/mol. The number of aromatic nitrogens is 3. The second-order valence-electron chi connectivity index (χ2n) is 8.02. The standard InChI is InChI=1S/C23H26N4O4/c1-26-21-19(22(29)27(2)23(26)30)13-16(14-24-21)25-20(28)11-10-15-6-5-9-18(12-15)31-17-7-3-4-8-17/h5-6,9,12-14,17H,3-4,7-8,10-11H2,1-2H3,(H,25,28). The Morgan fingerprint density at radius 2 is 1.94 bits per heavy atom. The number of carbonyl (C=O) groups is 1. The number of pyridine rings is 1. The van der Waals surface area contributed by atoms with Gasteiger partial charge in [0.15, 0.2) is 0 Å². The first-order chi connectivity index (χ1) is 14.9. The summed E-state index contributed by atoms with van der Waals surface area (Å²) in [5.74, 6) is 0.676. The molecule has 162 valence electrons. The van der Waals surface area contributed by atoms with Gasteiger partial charge in [-0.1, -0.05) is 12.1 Å². The van der Waals surface area contributed by atoms with Crippen LogP contribution >= 0.6 is 0 Å². The van der Waals surface area contributed by atoms with Crippen LogP contribution in [0.15, 0.2) is 46.1 Å². The third-order valence-corrected chi connectivity index (χ3v) is 5.72. The van der Waals surface area contributed by atoms with Crippen molar-refractivity contribution < 1.29 is 9.53 Å². The molecule has 2 heterocycles. The van der Waals surface area contributed by atoms with E-state index in [1.807, 2.05) is 24.3 Å². The first-order valence-corrected chi connectivity index (χ1v) is 10.5. The van der Waals surface area contributed by atoms with Crippen LogP contribution in [0.5, 0.6) is 5.75 Å². The molecule has 1 aliphatic carbocycles. The van der Waals surface area contributed by atoms with Gasteiger partial charge in [-0.25, -0.2) is 9.78 Å². The summed E-state index contributed by atoms with van der Waals surface area (Å²) in [5.41, 5.74) is 0.851. The van der Waals surface area contributed by atoms with Gasteiger partial charge in [-0.05, 0) is 55.9 Å². The highest BCUT2D eigenvalue weighted by molar-refractivity contribution is 5.92. The molecule has 1 N–H and O–H groups in total. The number of hydrogen-bond donors (Lipinski definition) is 1. The van der Waals surface area contributed by atoms with E-state index in [0.717, 1.165) is 28.7 Å². The largest absolute Gasteiger partial charge is 0.490 e. The van der Waals surface area contributed by atoms with E-state index < -0.39 is 11.2 Å². The van der Waals surface area contributed by atoms with E-state index in [0.29, 0.717) is 18.2 Å². The summed E-state index contributed by atoms with van der Waals surface area (Å²) in [7, 11) is 2.97. The van der Waals surface area contributed by atoms with Crippen LogP contribution in [0.2, 0.25) is 0 Å². The quantitative estimate of drug-likeness (QED) is 0.659. The van der Waals surface area contributed by atoms with Gasteiger partial charge in [-0.3, -0.25) is 18.7 Å². The summed E-state index contributed by atoms with van der Waals surface area (Å²) in [4.78, 5) is 41.0. The fourth-order valence-corrected chi connectivity index (χ4v) is 3.99. The minimum Gasteiger partial charge on any atom is -0.490 e. The SMILES string of the molecule is Cn1c(=O)c2cc(NC(=O)CCc3cccc(OC4CCCC4)c3)cnc2n(C)c1=O. The Labute approximate surface area is 179 Å². The monoisotopic (exact) mass is 422 g/mol.